The van der Waals surface area contributed by atoms with Gasteiger partial charge in [-0.2, -0.15) is 0 Å². The molecule has 5 heteroatoms. The van der Waals surface area contributed by atoms with Crippen LogP contribution in [0, 0.1) is 19.1 Å². The predicted octanol–water partition coefficient (Wildman–Crippen LogP) is 12.1. The van der Waals surface area contributed by atoms with Crippen molar-refractivity contribution in [2.24, 2.45) is 0 Å². The molecule has 0 aliphatic rings. The van der Waals surface area contributed by atoms with Gasteiger partial charge in [0, 0.05) is 64.9 Å². The Hall–Kier alpha value is -6.13. The van der Waals surface area contributed by atoms with Crippen molar-refractivity contribution < 1.29 is 24.5 Å². The quantitative estimate of drug-likeness (QED) is 0.166. The molecule has 0 aliphatic carbocycles. The summed E-state index contributed by atoms with van der Waals surface area (Å²) in [5, 5.41) is 7.08. The summed E-state index contributed by atoms with van der Waals surface area (Å²) >= 11 is 0. The number of hydrogen-bond acceptors (Lipinski definition) is 3. The summed E-state index contributed by atoms with van der Waals surface area (Å²) in [5.41, 5.74) is 12.9. The molecule has 0 aliphatic heterocycles. The first-order valence-corrected chi connectivity index (χ1v) is 17.1. The number of fused-ring (bicyclic) bond motifs is 10. The Kier molecular flexibility index (Phi) is 7.88. The second-order valence-corrected chi connectivity index (χ2v) is 12.9. The van der Waals surface area contributed by atoms with Crippen molar-refractivity contribution in [3.63, 3.8) is 0 Å². The molecule has 11 rings (SSSR count). The minimum Gasteiger partial charge on any atom is -0.455 e. The van der Waals surface area contributed by atoms with Crippen molar-refractivity contribution in [1.82, 2.24) is 14.4 Å². The van der Waals surface area contributed by atoms with Gasteiger partial charge >= 0.3 is 0 Å². The second kappa shape index (κ2) is 12.9. The average molecular weight is 844 g/mol. The third kappa shape index (κ3) is 5.17. The van der Waals surface area contributed by atoms with Crippen LogP contribution in [-0.4, -0.2) is 14.4 Å². The van der Waals surface area contributed by atoms with E-state index in [4.69, 9.17) is 4.42 Å². The van der Waals surface area contributed by atoms with Gasteiger partial charge < -0.3 is 18.8 Å². The van der Waals surface area contributed by atoms with Crippen molar-refractivity contribution in [3.05, 3.63) is 176 Å². The van der Waals surface area contributed by atoms with Gasteiger partial charge in [0.1, 0.15) is 11.2 Å². The van der Waals surface area contributed by atoms with E-state index in [1.807, 2.05) is 60.8 Å². The molecule has 0 fully saturated rings. The third-order valence-corrected chi connectivity index (χ3v) is 9.78. The Morgan fingerprint density at radius 1 is 0.558 bits per heavy atom. The molecule has 0 bridgehead atoms. The average Bonchev–Trinajstić information content (AvgIpc) is 3.85. The summed E-state index contributed by atoms with van der Waals surface area (Å²) < 4.78 is 8.98. The van der Waals surface area contributed by atoms with Gasteiger partial charge in [0.2, 0.25) is 0 Å². The Morgan fingerprint density at radius 3 is 2.21 bits per heavy atom. The van der Waals surface area contributed by atoms with E-state index in [0.717, 1.165) is 60.7 Å². The molecule has 249 valence electrons. The summed E-state index contributed by atoms with van der Waals surface area (Å²) in [6, 6.07) is 56.9. The van der Waals surface area contributed by atoms with Crippen molar-refractivity contribution in [3.8, 4) is 33.6 Å². The standard InChI is InChI=1S/C36H21N2O.C11H8N.Ir/c1-21-15-16-37-30(17-21)24-12-14-32-29(19-24)34-35-27(20-28-25-9-5-6-10-33(25)39-36(28)34)26-18-23(11-13-31(26)38(32)35)22-7-3-2-4-8-22;1-2-6-10(7-3-1)11-8-4-5-9-12-11;/h2-11,13-20H,1H3;1-6,8-9H;/q2*-1;. The van der Waals surface area contributed by atoms with E-state index in [0.29, 0.717) is 0 Å². The second-order valence-electron chi connectivity index (χ2n) is 12.9. The molecule has 6 aromatic carbocycles. The molecule has 5 aromatic heterocycles. The van der Waals surface area contributed by atoms with Crippen molar-refractivity contribution >= 4 is 60.0 Å². The summed E-state index contributed by atoms with van der Waals surface area (Å²) in [5.74, 6) is 0. The number of rotatable bonds is 3. The molecule has 0 atom stereocenters. The zero-order valence-electron chi connectivity index (χ0n) is 28.1. The van der Waals surface area contributed by atoms with Crippen LogP contribution < -0.4 is 0 Å². The largest absolute Gasteiger partial charge is 0.455 e. The molecule has 0 unspecified atom stereocenters. The van der Waals surface area contributed by atoms with Crippen LogP contribution >= 0.6 is 0 Å². The minimum atomic E-state index is 0. The van der Waals surface area contributed by atoms with Crippen LogP contribution in [0.15, 0.2) is 162 Å². The molecule has 0 N–H and O–H groups in total. The number of para-hydroxylation sites is 1. The Bertz CT molecular complexity index is 2990. The summed E-state index contributed by atoms with van der Waals surface area (Å²) in [6.45, 7) is 2.10. The monoisotopic (exact) mass is 844 g/mol. The maximum absolute atomic E-state index is 6.59. The molecular weight excluding hydrogens is 815 g/mol. The Balaban J connectivity index is 0.000000236. The summed E-state index contributed by atoms with van der Waals surface area (Å²) in [7, 11) is 0. The van der Waals surface area contributed by atoms with Crippen molar-refractivity contribution in [1.29, 1.82) is 0 Å². The first-order chi connectivity index (χ1) is 25.2. The molecule has 0 amide bonds. The van der Waals surface area contributed by atoms with E-state index in [9.17, 15) is 0 Å². The van der Waals surface area contributed by atoms with Crippen LogP contribution in [0.4, 0.5) is 0 Å². The van der Waals surface area contributed by atoms with Gasteiger partial charge in [0.15, 0.2) is 0 Å². The maximum Gasteiger partial charge on any atom is 0.143 e. The molecule has 0 spiro atoms. The first-order valence-electron chi connectivity index (χ1n) is 17.1. The van der Waals surface area contributed by atoms with Gasteiger partial charge in [-0.25, -0.2) is 0 Å². The molecule has 52 heavy (non-hydrogen) atoms. The fraction of sp³-hybridized carbons (Fsp3) is 0.0213. The predicted molar refractivity (Wildman–Crippen MR) is 209 cm³/mol. The molecule has 4 nitrogen and oxygen atoms in total. The topological polar surface area (TPSA) is 43.3 Å². The van der Waals surface area contributed by atoms with Crippen LogP contribution in [-0.2, 0) is 20.1 Å². The Labute approximate surface area is 313 Å². The fourth-order valence-corrected chi connectivity index (χ4v) is 7.44. The van der Waals surface area contributed by atoms with Gasteiger partial charge in [-0.3, -0.25) is 0 Å². The van der Waals surface area contributed by atoms with Crippen molar-refractivity contribution in [2.75, 3.05) is 0 Å². The van der Waals surface area contributed by atoms with Crippen LogP contribution in [0.3, 0.4) is 0 Å². The molecule has 11 aromatic rings. The first kappa shape index (κ1) is 31.8. The SMILES string of the molecule is Cc1ccnc(-c2[c-]cc3c(c2)c2c4oc5ccccc5c4cc4c5cc(-c6ccccc6)ccc5n3c42)c1.[Ir].[c-]1ccccc1-c1ccccn1. The molecular formula is C47H29IrN3O-2. The molecule has 1 radical (unpaired) electrons. The Morgan fingerprint density at radius 2 is 1.38 bits per heavy atom. The van der Waals surface area contributed by atoms with Gasteiger partial charge in [0.05, 0.1) is 5.52 Å². The van der Waals surface area contributed by atoms with Gasteiger partial charge in [-0.05, 0) is 71.4 Å². The zero-order valence-corrected chi connectivity index (χ0v) is 30.5. The van der Waals surface area contributed by atoms with Crippen LogP contribution in [0.5, 0.6) is 0 Å². The van der Waals surface area contributed by atoms with E-state index in [-0.39, 0.29) is 20.1 Å². The number of hydrogen-bond donors (Lipinski definition) is 0. The molecule has 0 saturated heterocycles. The van der Waals surface area contributed by atoms with Crippen molar-refractivity contribution in [2.45, 2.75) is 6.92 Å². The molecule has 0 saturated carbocycles. The van der Waals surface area contributed by atoms with Crippen LogP contribution in [0.25, 0.3) is 93.7 Å². The summed E-state index contributed by atoms with van der Waals surface area (Å²) in [6.07, 6.45) is 3.65. The van der Waals surface area contributed by atoms with E-state index in [1.165, 1.54) is 38.5 Å². The normalized spacial score (nSPS) is 11.4. The number of aryl methyl sites for hydroxylation is 1. The summed E-state index contributed by atoms with van der Waals surface area (Å²) in [4.78, 5) is 8.86. The van der Waals surface area contributed by atoms with E-state index >= 15 is 0 Å². The van der Waals surface area contributed by atoms with E-state index < -0.39 is 0 Å². The van der Waals surface area contributed by atoms with Crippen LogP contribution in [0.2, 0.25) is 0 Å². The smallest absolute Gasteiger partial charge is 0.143 e. The maximum atomic E-state index is 6.59. The number of aromatic nitrogens is 3. The fourth-order valence-electron chi connectivity index (χ4n) is 7.44. The van der Waals surface area contributed by atoms with Gasteiger partial charge in [-0.1, -0.05) is 83.7 Å². The molecule has 5 heterocycles. The number of nitrogens with zero attached hydrogens (tertiary/aromatic N) is 3. The number of pyridine rings is 2. The minimum absolute atomic E-state index is 0. The van der Waals surface area contributed by atoms with Crippen LogP contribution in [0.1, 0.15) is 5.56 Å². The van der Waals surface area contributed by atoms with E-state index in [1.54, 1.807) is 6.20 Å². The third-order valence-electron chi connectivity index (χ3n) is 9.78. The van der Waals surface area contributed by atoms with Gasteiger partial charge in [0.25, 0.3) is 0 Å². The number of furan rings is 1. The number of benzene rings is 6. The van der Waals surface area contributed by atoms with Gasteiger partial charge in [-0.15, -0.1) is 59.7 Å². The zero-order chi connectivity index (χ0) is 33.9. The van der Waals surface area contributed by atoms with E-state index in [2.05, 4.69) is 124 Å².